The van der Waals surface area contributed by atoms with Crippen LogP contribution in [0.5, 0.6) is 0 Å². The summed E-state index contributed by atoms with van der Waals surface area (Å²) in [5, 5.41) is 11.0. The molecule has 0 spiro atoms. The maximum atomic E-state index is 15.2. The summed E-state index contributed by atoms with van der Waals surface area (Å²) in [6, 6.07) is 6.69. The quantitative estimate of drug-likeness (QED) is 0.285. The average Bonchev–Trinajstić information content (AvgIpc) is 3.75. The van der Waals surface area contributed by atoms with E-state index in [0.29, 0.717) is 33.9 Å². The number of H-pyrrole nitrogens is 1. The van der Waals surface area contributed by atoms with Crippen LogP contribution in [-0.2, 0) is 23.2 Å². The summed E-state index contributed by atoms with van der Waals surface area (Å²) in [4.78, 5) is 31.4. The fourth-order valence-corrected chi connectivity index (χ4v) is 4.69. The topological polar surface area (TPSA) is 140 Å². The number of pyridine rings is 1. The number of halogens is 1. The van der Waals surface area contributed by atoms with Gasteiger partial charge in [-0.15, -0.1) is 0 Å². The molecule has 1 aliphatic rings. The Kier molecular flexibility index (Phi) is 7.52. The van der Waals surface area contributed by atoms with Crippen molar-refractivity contribution >= 4 is 17.1 Å². The Morgan fingerprint density at radius 1 is 1.12 bits per heavy atom. The molecule has 218 valence electrons. The van der Waals surface area contributed by atoms with Gasteiger partial charge in [0.05, 0.1) is 37.0 Å². The lowest BCUT2D eigenvalue weighted by molar-refractivity contribution is 0.0360. The minimum atomic E-state index is -0.563. The zero-order valence-corrected chi connectivity index (χ0v) is 23.7. The van der Waals surface area contributed by atoms with Gasteiger partial charge in [0.1, 0.15) is 11.6 Å². The Balaban J connectivity index is 1.15. The van der Waals surface area contributed by atoms with Crippen molar-refractivity contribution in [1.29, 1.82) is 0 Å². The van der Waals surface area contributed by atoms with Crippen LogP contribution in [0.15, 0.2) is 47.4 Å². The molecule has 2 N–H and O–H groups in total. The number of carbonyl (C=O) groups is 1. The van der Waals surface area contributed by atoms with Gasteiger partial charge in [0.2, 0.25) is 0 Å². The highest BCUT2D eigenvalue weighted by atomic mass is 19.1. The van der Waals surface area contributed by atoms with Crippen molar-refractivity contribution in [3.05, 3.63) is 66.0 Å². The number of amides is 1. The van der Waals surface area contributed by atoms with Crippen molar-refractivity contribution in [2.45, 2.75) is 39.3 Å². The molecule has 42 heavy (non-hydrogen) atoms. The summed E-state index contributed by atoms with van der Waals surface area (Å²) in [6.07, 6.45) is 5.38. The summed E-state index contributed by atoms with van der Waals surface area (Å²) in [5.41, 5.74) is 3.43. The Morgan fingerprint density at radius 3 is 2.71 bits per heavy atom. The van der Waals surface area contributed by atoms with Gasteiger partial charge in [0.15, 0.2) is 11.5 Å². The van der Waals surface area contributed by atoms with Gasteiger partial charge in [0.25, 0.3) is 0 Å². The van der Waals surface area contributed by atoms with Crippen molar-refractivity contribution in [3.8, 4) is 22.5 Å². The van der Waals surface area contributed by atoms with Crippen LogP contribution in [0.25, 0.3) is 33.7 Å². The number of hydrogen-bond donors (Lipinski definition) is 2. The van der Waals surface area contributed by atoms with E-state index in [1.165, 1.54) is 6.07 Å². The van der Waals surface area contributed by atoms with Gasteiger partial charge in [0, 0.05) is 55.1 Å². The summed E-state index contributed by atoms with van der Waals surface area (Å²) in [6.45, 7) is 10.8. The van der Waals surface area contributed by atoms with Crippen LogP contribution in [0.1, 0.15) is 42.8 Å². The van der Waals surface area contributed by atoms with E-state index in [1.54, 1.807) is 24.5 Å². The maximum Gasteiger partial charge on any atom is 0.315 e. The highest BCUT2D eigenvalue weighted by Crippen LogP contribution is 2.29. The maximum absolute atomic E-state index is 15.2. The number of nitrogens with zero attached hydrogens (tertiary/aromatic N) is 7. The predicted molar refractivity (Wildman–Crippen MR) is 152 cm³/mol. The molecule has 0 aliphatic carbocycles. The van der Waals surface area contributed by atoms with E-state index in [2.05, 4.69) is 40.4 Å². The van der Waals surface area contributed by atoms with Crippen LogP contribution in [0, 0.1) is 5.82 Å². The van der Waals surface area contributed by atoms with Gasteiger partial charge >= 0.3 is 11.8 Å². The largest absolute Gasteiger partial charge is 0.379 e. The Bertz CT molecular complexity index is 1710. The van der Waals surface area contributed by atoms with Gasteiger partial charge < -0.3 is 19.6 Å². The first-order valence-electron chi connectivity index (χ1n) is 13.8. The Hall–Kier alpha value is -4.49. The number of morpholine rings is 1. The van der Waals surface area contributed by atoms with Gasteiger partial charge in [-0.2, -0.15) is 10.1 Å². The van der Waals surface area contributed by atoms with Crippen LogP contribution in [0.3, 0.4) is 0 Å². The normalized spacial score (nSPS) is 14.5. The van der Waals surface area contributed by atoms with Crippen molar-refractivity contribution in [2.24, 2.45) is 0 Å². The standard InChI is InChI=1S/C29H32FN9O3/c1-29(2,3)28-36-27(42-37-28)26(40)32-15-19-5-4-18(14-22(19)30)21-6-7-31-25-23(21)34-24(35-25)20-16-33-39(17-20)9-8-38-10-12-41-13-11-38/h4-7,14,16-17H,8-13,15H2,1-3H3,(H,32,40)(H,31,34,35). The fourth-order valence-electron chi connectivity index (χ4n) is 4.69. The minimum Gasteiger partial charge on any atom is -0.379 e. The minimum absolute atomic E-state index is 0.0341. The summed E-state index contributed by atoms with van der Waals surface area (Å²) in [5.74, 6) is -0.120. The second-order valence-electron chi connectivity index (χ2n) is 11.3. The molecule has 0 saturated carbocycles. The van der Waals surface area contributed by atoms with E-state index in [1.807, 2.05) is 37.7 Å². The molecule has 1 aromatic carbocycles. The smallest absolute Gasteiger partial charge is 0.315 e. The number of rotatable bonds is 8. The predicted octanol–water partition coefficient (Wildman–Crippen LogP) is 3.57. The van der Waals surface area contributed by atoms with Crippen molar-refractivity contribution in [1.82, 2.24) is 45.1 Å². The molecule has 6 rings (SSSR count). The summed E-state index contributed by atoms with van der Waals surface area (Å²) in [7, 11) is 0. The number of nitrogens with one attached hydrogen (secondary N) is 2. The highest BCUT2D eigenvalue weighted by molar-refractivity contribution is 5.91. The summed E-state index contributed by atoms with van der Waals surface area (Å²) >= 11 is 0. The molecule has 0 atom stereocenters. The number of benzene rings is 1. The van der Waals surface area contributed by atoms with Crippen LogP contribution in [0.2, 0.25) is 0 Å². The molecule has 1 aliphatic heterocycles. The highest BCUT2D eigenvalue weighted by Gasteiger charge is 2.24. The molecule has 4 aromatic heterocycles. The lowest BCUT2D eigenvalue weighted by Crippen LogP contribution is -2.38. The number of hydrogen-bond acceptors (Lipinski definition) is 9. The van der Waals surface area contributed by atoms with Crippen LogP contribution >= 0.6 is 0 Å². The van der Waals surface area contributed by atoms with Crippen LogP contribution in [-0.4, -0.2) is 78.5 Å². The first-order valence-corrected chi connectivity index (χ1v) is 13.8. The number of imidazole rings is 1. The van der Waals surface area contributed by atoms with E-state index in [4.69, 9.17) is 9.26 Å². The number of carbonyl (C=O) groups excluding carboxylic acids is 1. The lowest BCUT2D eigenvalue weighted by Gasteiger charge is -2.26. The van der Waals surface area contributed by atoms with Gasteiger partial charge in [-0.25, -0.2) is 14.4 Å². The average molecular weight is 574 g/mol. The van der Waals surface area contributed by atoms with Crippen LogP contribution < -0.4 is 5.32 Å². The number of fused-ring (bicyclic) bond motifs is 1. The monoisotopic (exact) mass is 573 g/mol. The third-order valence-electron chi connectivity index (χ3n) is 7.14. The zero-order chi connectivity index (χ0) is 29.3. The van der Waals surface area contributed by atoms with Crippen molar-refractivity contribution in [3.63, 3.8) is 0 Å². The molecular weight excluding hydrogens is 541 g/mol. The molecule has 5 heterocycles. The van der Waals surface area contributed by atoms with Crippen LogP contribution in [0.4, 0.5) is 4.39 Å². The molecule has 0 bridgehead atoms. The third kappa shape index (κ3) is 5.92. The second-order valence-corrected chi connectivity index (χ2v) is 11.3. The molecule has 1 amide bonds. The molecular formula is C29H32FN9O3. The SMILES string of the molecule is CC(C)(C)c1noc(C(=O)NCc2ccc(-c3ccnc4nc(-c5cnn(CCN6CCOCC6)c5)[nH]c34)cc2F)n1. The molecule has 1 fully saturated rings. The lowest BCUT2D eigenvalue weighted by atomic mass is 9.96. The molecule has 1 saturated heterocycles. The number of ether oxygens (including phenoxy) is 1. The van der Waals surface area contributed by atoms with Gasteiger partial charge in [-0.05, 0) is 17.7 Å². The van der Waals surface area contributed by atoms with E-state index >= 15 is 4.39 Å². The molecule has 0 radical (unpaired) electrons. The Morgan fingerprint density at radius 2 is 1.95 bits per heavy atom. The Labute approximate surface area is 241 Å². The zero-order valence-electron chi connectivity index (χ0n) is 23.7. The second kappa shape index (κ2) is 11.4. The first-order chi connectivity index (χ1) is 20.2. The van der Waals surface area contributed by atoms with Crippen molar-refractivity contribution in [2.75, 3.05) is 32.8 Å². The third-order valence-corrected chi connectivity index (χ3v) is 7.14. The van der Waals surface area contributed by atoms with Gasteiger partial charge in [-0.3, -0.25) is 14.4 Å². The van der Waals surface area contributed by atoms with E-state index in [9.17, 15) is 4.79 Å². The number of aromatic amines is 1. The van der Waals surface area contributed by atoms with E-state index in [-0.39, 0.29) is 17.9 Å². The van der Waals surface area contributed by atoms with Crippen molar-refractivity contribution < 1.29 is 18.4 Å². The fraction of sp³-hybridized carbons (Fsp3) is 0.379. The molecule has 12 nitrogen and oxygen atoms in total. The number of aromatic nitrogens is 7. The molecule has 0 unspecified atom stereocenters. The first kappa shape index (κ1) is 27.7. The molecule has 13 heteroatoms. The molecule has 5 aromatic rings. The van der Waals surface area contributed by atoms with E-state index in [0.717, 1.165) is 50.5 Å². The van der Waals surface area contributed by atoms with Gasteiger partial charge in [-0.1, -0.05) is 38.1 Å². The summed E-state index contributed by atoms with van der Waals surface area (Å²) < 4.78 is 27.6. The van der Waals surface area contributed by atoms with E-state index < -0.39 is 11.7 Å².